The third-order valence-electron chi connectivity index (χ3n) is 2.89. The maximum absolute atomic E-state index is 6.11. The van der Waals surface area contributed by atoms with E-state index in [4.69, 9.17) is 17.4 Å². The van der Waals surface area contributed by atoms with Crippen LogP contribution in [0, 0.1) is 0 Å². The van der Waals surface area contributed by atoms with Gasteiger partial charge in [0, 0.05) is 6.54 Å². The molecular weight excluding hydrogens is 224 g/mol. The van der Waals surface area contributed by atoms with E-state index in [1.54, 1.807) is 6.07 Å². The van der Waals surface area contributed by atoms with Gasteiger partial charge in [-0.15, -0.1) is 0 Å². The van der Waals surface area contributed by atoms with Crippen molar-refractivity contribution < 1.29 is 0 Å². The number of nitrogen functional groups attached to an aromatic ring is 1. The summed E-state index contributed by atoms with van der Waals surface area (Å²) < 4.78 is 0. The van der Waals surface area contributed by atoms with E-state index >= 15 is 0 Å². The molecule has 0 aromatic carbocycles. The van der Waals surface area contributed by atoms with Crippen LogP contribution in [0.3, 0.4) is 0 Å². The highest BCUT2D eigenvalue weighted by atomic mass is 35.5. The number of halogens is 1. The average molecular weight is 241 g/mol. The Bertz CT molecular complexity index is 350. The number of hydrazine groups is 1. The average Bonchev–Trinajstić information content (AvgIpc) is 2.33. The SMILES string of the molecule is NNc1ccc(Cl)c(CN2CCCCC2)n1. The minimum atomic E-state index is 0.663. The van der Waals surface area contributed by atoms with Gasteiger partial charge in [-0.25, -0.2) is 10.8 Å². The van der Waals surface area contributed by atoms with Gasteiger partial charge in [0.05, 0.1) is 10.7 Å². The Hall–Kier alpha value is -0.840. The van der Waals surface area contributed by atoms with E-state index in [9.17, 15) is 0 Å². The van der Waals surface area contributed by atoms with E-state index < -0.39 is 0 Å². The van der Waals surface area contributed by atoms with Crippen LogP contribution in [0.25, 0.3) is 0 Å². The fourth-order valence-electron chi connectivity index (χ4n) is 2.00. The lowest BCUT2D eigenvalue weighted by Gasteiger charge is -2.26. The summed E-state index contributed by atoms with van der Waals surface area (Å²) in [6.07, 6.45) is 3.88. The highest BCUT2D eigenvalue weighted by Crippen LogP contribution is 2.19. The molecule has 16 heavy (non-hydrogen) atoms. The maximum Gasteiger partial charge on any atom is 0.140 e. The first kappa shape index (κ1) is 11.6. The van der Waals surface area contributed by atoms with E-state index in [1.165, 1.54) is 19.3 Å². The summed E-state index contributed by atoms with van der Waals surface area (Å²) in [5, 5.41) is 0.713. The second kappa shape index (κ2) is 5.48. The Morgan fingerprint density at radius 2 is 2.06 bits per heavy atom. The Morgan fingerprint density at radius 3 is 2.75 bits per heavy atom. The standard InChI is InChI=1S/C11H17ClN4/c12-9-4-5-11(15-13)14-10(9)8-16-6-2-1-3-7-16/h4-5H,1-3,6-8,13H2,(H,14,15). The fourth-order valence-corrected chi connectivity index (χ4v) is 2.17. The van der Waals surface area contributed by atoms with Gasteiger partial charge in [0.2, 0.25) is 0 Å². The van der Waals surface area contributed by atoms with Crippen LogP contribution in [0.1, 0.15) is 25.0 Å². The van der Waals surface area contributed by atoms with Crippen LogP contribution in [0.4, 0.5) is 5.82 Å². The predicted octanol–water partition coefficient (Wildman–Crippen LogP) is 2.01. The smallest absolute Gasteiger partial charge is 0.140 e. The van der Waals surface area contributed by atoms with Gasteiger partial charge in [0.1, 0.15) is 5.82 Å². The highest BCUT2D eigenvalue weighted by Gasteiger charge is 2.13. The molecule has 2 heterocycles. The molecule has 0 atom stereocenters. The van der Waals surface area contributed by atoms with Crippen molar-refractivity contribution in [1.29, 1.82) is 0 Å². The number of pyridine rings is 1. The molecule has 1 aromatic rings. The zero-order valence-corrected chi connectivity index (χ0v) is 10.0. The number of anilines is 1. The number of rotatable bonds is 3. The van der Waals surface area contributed by atoms with Crippen molar-refractivity contribution in [3.8, 4) is 0 Å². The summed E-state index contributed by atoms with van der Waals surface area (Å²) in [4.78, 5) is 6.76. The van der Waals surface area contributed by atoms with E-state index in [1.807, 2.05) is 6.07 Å². The molecule has 1 aromatic heterocycles. The third-order valence-corrected chi connectivity index (χ3v) is 3.23. The molecule has 1 fully saturated rings. The quantitative estimate of drug-likeness (QED) is 0.627. The molecule has 0 bridgehead atoms. The van der Waals surface area contributed by atoms with Crippen molar-refractivity contribution in [1.82, 2.24) is 9.88 Å². The summed E-state index contributed by atoms with van der Waals surface area (Å²) in [7, 11) is 0. The van der Waals surface area contributed by atoms with Crippen molar-refractivity contribution in [2.45, 2.75) is 25.8 Å². The van der Waals surface area contributed by atoms with Crippen LogP contribution >= 0.6 is 11.6 Å². The number of likely N-dealkylation sites (tertiary alicyclic amines) is 1. The lowest BCUT2D eigenvalue weighted by atomic mass is 10.1. The minimum Gasteiger partial charge on any atom is -0.308 e. The Balaban J connectivity index is 2.06. The number of piperidine rings is 1. The molecular formula is C11H17ClN4. The van der Waals surface area contributed by atoms with E-state index in [0.717, 1.165) is 25.3 Å². The van der Waals surface area contributed by atoms with Crippen LogP contribution < -0.4 is 11.3 Å². The molecule has 88 valence electrons. The van der Waals surface area contributed by atoms with Crippen LogP contribution in [0.5, 0.6) is 0 Å². The molecule has 1 aliphatic rings. The first-order valence-corrected chi connectivity index (χ1v) is 6.02. The van der Waals surface area contributed by atoms with Crippen LogP contribution in [0.15, 0.2) is 12.1 Å². The molecule has 1 saturated heterocycles. The number of nitrogens with two attached hydrogens (primary N) is 1. The first-order valence-electron chi connectivity index (χ1n) is 5.64. The van der Waals surface area contributed by atoms with E-state index in [0.29, 0.717) is 10.8 Å². The van der Waals surface area contributed by atoms with Gasteiger partial charge in [-0.3, -0.25) is 4.90 Å². The molecule has 2 rings (SSSR count). The zero-order valence-electron chi connectivity index (χ0n) is 9.25. The first-order chi connectivity index (χ1) is 7.79. The summed E-state index contributed by atoms with van der Waals surface area (Å²) in [5.74, 6) is 6.00. The van der Waals surface area contributed by atoms with Crippen molar-refractivity contribution in [3.05, 3.63) is 22.8 Å². The van der Waals surface area contributed by atoms with Crippen LogP contribution in [-0.4, -0.2) is 23.0 Å². The van der Waals surface area contributed by atoms with E-state index in [-0.39, 0.29) is 0 Å². The van der Waals surface area contributed by atoms with Crippen molar-refractivity contribution in [2.75, 3.05) is 18.5 Å². The van der Waals surface area contributed by atoms with Gasteiger partial charge in [0.15, 0.2) is 0 Å². The molecule has 0 aliphatic carbocycles. The Labute approximate surface area is 101 Å². The maximum atomic E-state index is 6.11. The van der Waals surface area contributed by atoms with Gasteiger partial charge in [-0.05, 0) is 38.1 Å². The fraction of sp³-hybridized carbons (Fsp3) is 0.545. The number of aromatic nitrogens is 1. The second-order valence-electron chi connectivity index (χ2n) is 4.11. The monoisotopic (exact) mass is 240 g/mol. The third kappa shape index (κ3) is 2.84. The van der Waals surface area contributed by atoms with Crippen molar-refractivity contribution in [2.24, 2.45) is 5.84 Å². The molecule has 0 unspecified atom stereocenters. The van der Waals surface area contributed by atoms with Gasteiger partial charge in [-0.1, -0.05) is 18.0 Å². The molecule has 1 aliphatic heterocycles. The molecule has 0 amide bonds. The topological polar surface area (TPSA) is 54.2 Å². The lowest BCUT2D eigenvalue weighted by molar-refractivity contribution is 0.218. The minimum absolute atomic E-state index is 0.663. The molecule has 3 N–H and O–H groups in total. The Morgan fingerprint density at radius 1 is 1.31 bits per heavy atom. The van der Waals surface area contributed by atoms with Crippen LogP contribution in [-0.2, 0) is 6.54 Å². The molecule has 4 nitrogen and oxygen atoms in total. The Kier molecular flexibility index (Phi) is 3.98. The van der Waals surface area contributed by atoms with E-state index in [2.05, 4.69) is 15.3 Å². The summed E-state index contributed by atoms with van der Waals surface area (Å²) in [6, 6.07) is 3.62. The number of hydrogen-bond donors (Lipinski definition) is 2. The summed E-state index contributed by atoms with van der Waals surface area (Å²) in [5.41, 5.74) is 3.45. The van der Waals surface area contributed by atoms with Crippen molar-refractivity contribution in [3.63, 3.8) is 0 Å². The normalized spacial score (nSPS) is 17.4. The molecule has 0 saturated carbocycles. The van der Waals surface area contributed by atoms with Crippen LogP contribution in [0.2, 0.25) is 5.02 Å². The van der Waals surface area contributed by atoms with Gasteiger partial charge in [-0.2, -0.15) is 0 Å². The second-order valence-corrected chi connectivity index (χ2v) is 4.51. The summed E-state index contributed by atoms with van der Waals surface area (Å²) in [6.45, 7) is 3.09. The highest BCUT2D eigenvalue weighted by molar-refractivity contribution is 6.31. The zero-order chi connectivity index (χ0) is 11.4. The van der Waals surface area contributed by atoms with Gasteiger partial charge in [0.25, 0.3) is 0 Å². The summed E-state index contributed by atoms with van der Waals surface area (Å²) >= 11 is 6.11. The lowest BCUT2D eigenvalue weighted by Crippen LogP contribution is -2.29. The molecule has 0 radical (unpaired) electrons. The van der Waals surface area contributed by atoms with Gasteiger partial charge >= 0.3 is 0 Å². The van der Waals surface area contributed by atoms with Crippen molar-refractivity contribution >= 4 is 17.4 Å². The number of nitrogens with one attached hydrogen (secondary N) is 1. The number of nitrogens with zero attached hydrogens (tertiary/aromatic N) is 2. The van der Waals surface area contributed by atoms with Gasteiger partial charge < -0.3 is 5.43 Å². The number of hydrogen-bond acceptors (Lipinski definition) is 4. The largest absolute Gasteiger partial charge is 0.308 e. The molecule has 0 spiro atoms. The predicted molar refractivity (Wildman–Crippen MR) is 66.2 cm³/mol. The molecule has 5 heteroatoms.